The SMILES string of the molecule is COc1ccc(/C=C2/N=C(Cc3ccccc3)OC2=O)cc1. The van der Waals surface area contributed by atoms with Crippen LogP contribution in [0.25, 0.3) is 6.08 Å². The highest BCUT2D eigenvalue weighted by Gasteiger charge is 2.22. The molecule has 0 fully saturated rings. The maximum Gasteiger partial charge on any atom is 0.363 e. The first-order valence-corrected chi connectivity index (χ1v) is 6.94. The zero-order valence-corrected chi connectivity index (χ0v) is 12.2. The van der Waals surface area contributed by atoms with Crippen LogP contribution in [0.4, 0.5) is 0 Å². The Bertz CT molecular complexity index is 731. The number of rotatable bonds is 4. The Kier molecular flexibility index (Phi) is 4.01. The van der Waals surface area contributed by atoms with Crippen molar-refractivity contribution in [1.82, 2.24) is 0 Å². The molecule has 3 rings (SSSR count). The summed E-state index contributed by atoms with van der Waals surface area (Å²) in [4.78, 5) is 16.1. The van der Waals surface area contributed by atoms with E-state index in [1.807, 2.05) is 54.6 Å². The van der Waals surface area contributed by atoms with Gasteiger partial charge in [0.15, 0.2) is 5.70 Å². The molecule has 0 amide bonds. The first kappa shape index (κ1) is 14.1. The molecule has 1 heterocycles. The van der Waals surface area contributed by atoms with Crippen molar-refractivity contribution in [2.45, 2.75) is 6.42 Å². The smallest absolute Gasteiger partial charge is 0.363 e. The van der Waals surface area contributed by atoms with Crippen molar-refractivity contribution in [1.29, 1.82) is 0 Å². The number of ether oxygens (including phenoxy) is 2. The molecule has 0 spiro atoms. The zero-order chi connectivity index (χ0) is 15.4. The van der Waals surface area contributed by atoms with Crippen LogP contribution in [0.1, 0.15) is 11.1 Å². The second-order valence-corrected chi connectivity index (χ2v) is 4.86. The van der Waals surface area contributed by atoms with Gasteiger partial charge in [-0.2, -0.15) is 0 Å². The lowest BCUT2D eigenvalue weighted by atomic mass is 10.1. The van der Waals surface area contributed by atoms with Crippen molar-refractivity contribution < 1.29 is 14.3 Å². The van der Waals surface area contributed by atoms with Crippen molar-refractivity contribution in [2.24, 2.45) is 4.99 Å². The molecule has 0 radical (unpaired) electrons. The molecular formula is C18H15NO3. The second kappa shape index (κ2) is 6.26. The van der Waals surface area contributed by atoms with Crippen LogP contribution in [0.15, 0.2) is 65.3 Å². The van der Waals surface area contributed by atoms with E-state index in [4.69, 9.17) is 9.47 Å². The van der Waals surface area contributed by atoms with Gasteiger partial charge in [0.05, 0.1) is 7.11 Å². The highest BCUT2D eigenvalue weighted by atomic mass is 16.6. The fourth-order valence-corrected chi connectivity index (χ4v) is 2.16. The number of aliphatic imine (C=N–C) groups is 1. The van der Waals surface area contributed by atoms with Crippen molar-refractivity contribution >= 4 is 17.9 Å². The van der Waals surface area contributed by atoms with E-state index in [0.29, 0.717) is 18.0 Å². The number of benzene rings is 2. The molecule has 4 nitrogen and oxygen atoms in total. The molecule has 0 saturated heterocycles. The molecule has 110 valence electrons. The van der Waals surface area contributed by atoms with Crippen LogP contribution in [0.5, 0.6) is 5.75 Å². The molecule has 1 aliphatic rings. The summed E-state index contributed by atoms with van der Waals surface area (Å²) < 4.78 is 10.3. The van der Waals surface area contributed by atoms with Gasteiger partial charge < -0.3 is 9.47 Å². The molecule has 22 heavy (non-hydrogen) atoms. The molecule has 0 unspecified atom stereocenters. The van der Waals surface area contributed by atoms with Crippen LogP contribution >= 0.6 is 0 Å². The van der Waals surface area contributed by atoms with Crippen LogP contribution in [0.2, 0.25) is 0 Å². The summed E-state index contributed by atoms with van der Waals surface area (Å²) in [6.45, 7) is 0. The van der Waals surface area contributed by atoms with E-state index in [2.05, 4.69) is 4.99 Å². The Hall–Kier alpha value is -2.88. The molecule has 0 bridgehead atoms. The minimum Gasteiger partial charge on any atom is -0.497 e. The van der Waals surface area contributed by atoms with E-state index >= 15 is 0 Å². The molecule has 0 atom stereocenters. The molecular weight excluding hydrogens is 278 g/mol. The largest absolute Gasteiger partial charge is 0.497 e. The van der Waals surface area contributed by atoms with E-state index in [-0.39, 0.29) is 0 Å². The van der Waals surface area contributed by atoms with Crippen molar-refractivity contribution in [3.63, 3.8) is 0 Å². The number of carbonyl (C=O) groups is 1. The minimum absolute atomic E-state index is 0.316. The van der Waals surface area contributed by atoms with E-state index in [1.165, 1.54) is 0 Å². The third-order valence-electron chi connectivity index (χ3n) is 3.28. The van der Waals surface area contributed by atoms with Gasteiger partial charge >= 0.3 is 5.97 Å². The summed E-state index contributed by atoms with van der Waals surface area (Å²) in [5, 5.41) is 0. The summed E-state index contributed by atoms with van der Waals surface area (Å²) in [5.41, 5.74) is 2.24. The highest BCUT2D eigenvalue weighted by molar-refractivity contribution is 6.07. The maximum atomic E-state index is 11.9. The Morgan fingerprint density at radius 1 is 1.09 bits per heavy atom. The molecule has 0 saturated carbocycles. The number of hydrogen-bond acceptors (Lipinski definition) is 4. The van der Waals surface area contributed by atoms with Crippen molar-refractivity contribution in [3.05, 3.63) is 71.4 Å². The molecule has 0 aromatic heterocycles. The predicted octanol–water partition coefficient (Wildman–Crippen LogP) is 3.23. The average molecular weight is 293 g/mol. The van der Waals surface area contributed by atoms with Gasteiger partial charge in [0.1, 0.15) is 5.75 Å². The topological polar surface area (TPSA) is 47.9 Å². The van der Waals surface area contributed by atoms with Gasteiger partial charge in [0, 0.05) is 6.42 Å². The number of cyclic esters (lactones) is 1. The van der Waals surface area contributed by atoms with Gasteiger partial charge in [-0.1, -0.05) is 42.5 Å². The van der Waals surface area contributed by atoms with Crippen LogP contribution in [-0.4, -0.2) is 19.0 Å². The second-order valence-electron chi connectivity index (χ2n) is 4.86. The third-order valence-corrected chi connectivity index (χ3v) is 3.28. The zero-order valence-electron chi connectivity index (χ0n) is 12.2. The first-order chi connectivity index (χ1) is 10.7. The van der Waals surface area contributed by atoms with E-state index < -0.39 is 5.97 Å². The van der Waals surface area contributed by atoms with Crippen LogP contribution in [-0.2, 0) is 16.0 Å². The monoisotopic (exact) mass is 293 g/mol. The minimum atomic E-state index is -0.415. The fraction of sp³-hybridized carbons (Fsp3) is 0.111. The standard InChI is InChI=1S/C18H15NO3/c1-21-15-9-7-14(8-10-15)11-16-18(20)22-17(19-16)12-13-5-3-2-4-6-13/h2-11H,12H2,1H3/b16-11+. The summed E-state index contributed by atoms with van der Waals surface area (Å²) in [5.74, 6) is 0.780. The Morgan fingerprint density at radius 3 is 2.50 bits per heavy atom. The van der Waals surface area contributed by atoms with Gasteiger partial charge in [-0.05, 0) is 29.3 Å². The molecule has 2 aromatic rings. The number of hydrogen-bond donors (Lipinski definition) is 0. The van der Waals surface area contributed by atoms with Gasteiger partial charge in [0.25, 0.3) is 0 Å². The van der Waals surface area contributed by atoms with Crippen LogP contribution in [0.3, 0.4) is 0 Å². The van der Waals surface area contributed by atoms with E-state index in [1.54, 1.807) is 13.2 Å². The summed E-state index contributed by atoms with van der Waals surface area (Å²) in [6.07, 6.45) is 2.21. The van der Waals surface area contributed by atoms with Crippen LogP contribution in [0, 0.1) is 0 Å². The third kappa shape index (κ3) is 3.23. The summed E-state index contributed by atoms with van der Waals surface area (Å²) >= 11 is 0. The predicted molar refractivity (Wildman–Crippen MR) is 84.6 cm³/mol. The molecule has 2 aromatic carbocycles. The molecule has 1 aliphatic heterocycles. The van der Waals surface area contributed by atoms with Crippen molar-refractivity contribution in [2.75, 3.05) is 7.11 Å². The lowest BCUT2D eigenvalue weighted by molar-refractivity contribution is -0.130. The normalized spacial score (nSPS) is 15.6. The highest BCUT2D eigenvalue weighted by Crippen LogP contribution is 2.19. The summed E-state index contributed by atoms with van der Waals surface area (Å²) in [7, 11) is 1.61. The maximum absolute atomic E-state index is 11.9. The van der Waals surface area contributed by atoms with Gasteiger partial charge in [-0.15, -0.1) is 0 Å². The quantitative estimate of drug-likeness (QED) is 0.642. The number of methoxy groups -OCH3 is 1. The average Bonchev–Trinajstić information content (AvgIpc) is 2.88. The Morgan fingerprint density at radius 2 is 1.82 bits per heavy atom. The molecule has 0 N–H and O–H groups in total. The Labute approximate surface area is 128 Å². The fourth-order valence-electron chi connectivity index (χ4n) is 2.16. The van der Waals surface area contributed by atoms with Gasteiger partial charge in [-0.25, -0.2) is 9.79 Å². The first-order valence-electron chi connectivity index (χ1n) is 6.94. The van der Waals surface area contributed by atoms with Gasteiger partial charge in [0.2, 0.25) is 5.90 Å². The van der Waals surface area contributed by atoms with Crippen LogP contribution < -0.4 is 4.74 Å². The molecule has 0 aliphatic carbocycles. The van der Waals surface area contributed by atoms with E-state index in [9.17, 15) is 4.79 Å². The van der Waals surface area contributed by atoms with Crippen molar-refractivity contribution in [3.8, 4) is 5.75 Å². The molecule has 4 heteroatoms. The van der Waals surface area contributed by atoms with Gasteiger partial charge in [-0.3, -0.25) is 0 Å². The Balaban J connectivity index is 1.78. The summed E-state index contributed by atoms with van der Waals surface area (Å²) in [6, 6.07) is 17.2. The lowest BCUT2D eigenvalue weighted by Gasteiger charge is -1.99. The van der Waals surface area contributed by atoms with E-state index in [0.717, 1.165) is 16.9 Å². The number of esters is 1. The number of carbonyl (C=O) groups excluding carboxylic acids is 1. The lowest BCUT2D eigenvalue weighted by Crippen LogP contribution is -2.06. The number of nitrogens with zero attached hydrogens (tertiary/aromatic N) is 1.